The average molecular weight is 303 g/mol. The topological polar surface area (TPSA) is 61.2 Å². The molecule has 18 heavy (non-hydrogen) atoms. The zero-order valence-corrected chi connectivity index (χ0v) is 11.4. The Hall–Kier alpha value is -1.24. The molecule has 0 spiro atoms. The van der Waals surface area contributed by atoms with Gasteiger partial charge in [0.15, 0.2) is 0 Å². The summed E-state index contributed by atoms with van der Waals surface area (Å²) in [5.41, 5.74) is 0. The van der Waals surface area contributed by atoms with Crippen LogP contribution in [-0.4, -0.2) is 25.8 Å². The first kappa shape index (κ1) is 14.8. The number of hydrogen-bond donors (Lipinski definition) is 0. The minimum atomic E-state index is -3.93. The van der Waals surface area contributed by atoms with Crippen molar-refractivity contribution in [3.63, 3.8) is 0 Å². The summed E-state index contributed by atoms with van der Waals surface area (Å²) in [4.78, 5) is -0.165. The van der Waals surface area contributed by atoms with Crippen LogP contribution < -0.4 is 0 Å². The second kappa shape index (κ2) is 6.08. The van der Waals surface area contributed by atoms with Gasteiger partial charge in [-0.25, -0.2) is 8.42 Å². The van der Waals surface area contributed by atoms with Crippen LogP contribution in [-0.2, 0) is 10.0 Å². The molecule has 0 aliphatic heterocycles. The molecule has 0 atom stereocenters. The zero-order chi connectivity index (χ0) is 13.8. The van der Waals surface area contributed by atoms with Crippen LogP contribution in [0.1, 0.15) is 0 Å². The molecule has 4 nitrogen and oxygen atoms in total. The van der Waals surface area contributed by atoms with Gasteiger partial charge in [-0.15, -0.1) is 6.42 Å². The second-order valence-electron chi connectivity index (χ2n) is 3.21. The normalized spacial score (nSPS) is 10.9. The molecule has 0 aromatic heterocycles. The van der Waals surface area contributed by atoms with E-state index in [1.54, 1.807) is 6.07 Å². The number of halogens is 2. The Morgan fingerprint density at radius 2 is 2.00 bits per heavy atom. The molecule has 0 bridgehead atoms. The lowest BCUT2D eigenvalue weighted by molar-refractivity contribution is 0.481. The van der Waals surface area contributed by atoms with Crippen molar-refractivity contribution in [2.45, 2.75) is 4.90 Å². The molecule has 0 fully saturated rings. The van der Waals surface area contributed by atoms with Crippen molar-refractivity contribution in [2.75, 3.05) is 13.1 Å². The summed E-state index contributed by atoms with van der Waals surface area (Å²) in [6, 6.07) is 5.80. The molecule has 0 saturated heterocycles. The molecule has 0 amide bonds. The molecule has 0 heterocycles. The molecule has 7 heteroatoms. The predicted octanol–water partition coefficient (Wildman–Crippen LogP) is 2.14. The summed E-state index contributed by atoms with van der Waals surface area (Å²) in [7, 11) is -3.93. The molecule has 0 aliphatic rings. The van der Waals surface area contributed by atoms with E-state index in [4.69, 9.17) is 34.9 Å². The lowest BCUT2D eigenvalue weighted by Crippen LogP contribution is -2.32. The summed E-state index contributed by atoms with van der Waals surface area (Å²) in [6.45, 7) is -0.561. The second-order valence-corrected chi connectivity index (χ2v) is 5.96. The van der Waals surface area contributed by atoms with Crippen molar-refractivity contribution in [3.05, 3.63) is 28.2 Å². The van der Waals surface area contributed by atoms with Gasteiger partial charge < -0.3 is 0 Å². The van der Waals surface area contributed by atoms with Gasteiger partial charge in [0.1, 0.15) is 11.4 Å². The maximum atomic E-state index is 12.2. The molecular formula is C11H8Cl2N2O2S. The van der Waals surface area contributed by atoms with E-state index in [2.05, 4.69) is 5.92 Å². The fourth-order valence-corrected chi connectivity index (χ4v) is 3.21. The molecule has 0 aliphatic carbocycles. The van der Waals surface area contributed by atoms with Gasteiger partial charge in [-0.2, -0.15) is 9.57 Å². The van der Waals surface area contributed by atoms with Crippen molar-refractivity contribution in [2.24, 2.45) is 0 Å². The summed E-state index contributed by atoms with van der Waals surface area (Å²) in [5, 5.41) is 8.87. The smallest absolute Gasteiger partial charge is 0.207 e. The molecule has 1 aromatic carbocycles. The maximum Gasteiger partial charge on any atom is 0.246 e. The lowest BCUT2D eigenvalue weighted by atomic mass is 10.4. The van der Waals surface area contributed by atoms with Crippen molar-refractivity contribution >= 4 is 33.2 Å². The minimum Gasteiger partial charge on any atom is -0.207 e. The molecule has 1 aromatic rings. The molecule has 0 unspecified atom stereocenters. The highest BCUT2D eigenvalue weighted by atomic mass is 35.5. The van der Waals surface area contributed by atoms with E-state index in [0.29, 0.717) is 0 Å². The van der Waals surface area contributed by atoms with E-state index < -0.39 is 10.0 Å². The number of rotatable bonds is 4. The van der Waals surface area contributed by atoms with Crippen LogP contribution in [0.2, 0.25) is 10.0 Å². The molecular weight excluding hydrogens is 295 g/mol. The highest BCUT2D eigenvalue weighted by molar-refractivity contribution is 7.89. The number of nitrogens with zero attached hydrogens (tertiary/aromatic N) is 2. The summed E-state index contributed by atoms with van der Waals surface area (Å²) in [6.07, 6.45) is 5.08. The van der Waals surface area contributed by atoms with Gasteiger partial charge in [-0.05, 0) is 18.2 Å². The predicted molar refractivity (Wildman–Crippen MR) is 69.7 cm³/mol. The number of hydrogen-bond acceptors (Lipinski definition) is 3. The van der Waals surface area contributed by atoms with Crippen LogP contribution >= 0.6 is 23.2 Å². The average Bonchev–Trinajstić information content (AvgIpc) is 2.32. The Morgan fingerprint density at radius 3 is 2.56 bits per heavy atom. The third-order valence-electron chi connectivity index (χ3n) is 2.03. The van der Waals surface area contributed by atoms with E-state index in [1.165, 1.54) is 18.2 Å². The third-order valence-corrected chi connectivity index (χ3v) is 4.53. The van der Waals surface area contributed by atoms with Gasteiger partial charge in [-0.3, -0.25) is 0 Å². The Kier molecular flexibility index (Phi) is 5.01. The third kappa shape index (κ3) is 3.16. The summed E-state index contributed by atoms with van der Waals surface area (Å²) < 4.78 is 25.3. The SMILES string of the molecule is C#CCN(CC#N)S(=O)(=O)c1cc(Cl)ccc1Cl. The number of sulfonamides is 1. The first-order chi connectivity index (χ1) is 8.43. The molecule has 94 valence electrons. The quantitative estimate of drug-likeness (QED) is 0.632. The molecule has 0 saturated carbocycles. The van der Waals surface area contributed by atoms with Gasteiger partial charge in [-0.1, -0.05) is 29.1 Å². The molecule has 0 radical (unpaired) electrons. The van der Waals surface area contributed by atoms with Gasteiger partial charge >= 0.3 is 0 Å². The lowest BCUT2D eigenvalue weighted by Gasteiger charge is -2.17. The Bertz CT molecular complexity index is 613. The van der Waals surface area contributed by atoms with Crippen LogP contribution in [0.3, 0.4) is 0 Å². The number of terminal acetylenes is 1. The van der Waals surface area contributed by atoms with Gasteiger partial charge in [0.05, 0.1) is 17.6 Å². The number of benzene rings is 1. The standard InChI is InChI=1S/C11H8Cl2N2O2S/c1-2-6-15(7-5-14)18(16,17)11-8-9(12)3-4-10(11)13/h1,3-4,8H,6-7H2. The van der Waals surface area contributed by atoms with Crippen molar-refractivity contribution in [1.82, 2.24) is 4.31 Å². The fourth-order valence-electron chi connectivity index (χ4n) is 1.22. The van der Waals surface area contributed by atoms with E-state index >= 15 is 0 Å². The largest absolute Gasteiger partial charge is 0.246 e. The minimum absolute atomic E-state index is 0.0272. The van der Waals surface area contributed by atoms with E-state index in [0.717, 1.165) is 4.31 Å². The molecule has 0 N–H and O–H groups in total. The van der Waals surface area contributed by atoms with Crippen LogP contribution in [0, 0.1) is 23.7 Å². The van der Waals surface area contributed by atoms with E-state index in [-0.39, 0.29) is 28.0 Å². The van der Waals surface area contributed by atoms with Crippen LogP contribution in [0.5, 0.6) is 0 Å². The maximum absolute atomic E-state index is 12.2. The Balaban J connectivity index is 3.32. The van der Waals surface area contributed by atoms with Crippen molar-refractivity contribution < 1.29 is 8.42 Å². The van der Waals surface area contributed by atoms with E-state index in [1.807, 2.05) is 0 Å². The van der Waals surface area contributed by atoms with Crippen LogP contribution in [0.25, 0.3) is 0 Å². The number of nitriles is 1. The zero-order valence-electron chi connectivity index (χ0n) is 9.10. The van der Waals surface area contributed by atoms with Crippen LogP contribution in [0.4, 0.5) is 0 Å². The van der Waals surface area contributed by atoms with Crippen LogP contribution in [0.15, 0.2) is 23.1 Å². The summed E-state index contributed by atoms with van der Waals surface area (Å²) >= 11 is 11.6. The first-order valence-electron chi connectivity index (χ1n) is 4.69. The molecule has 1 rings (SSSR count). The Labute approximate surface area is 116 Å². The van der Waals surface area contributed by atoms with E-state index in [9.17, 15) is 8.42 Å². The summed E-state index contributed by atoms with van der Waals surface area (Å²) in [5.74, 6) is 2.18. The highest BCUT2D eigenvalue weighted by Gasteiger charge is 2.26. The monoisotopic (exact) mass is 302 g/mol. The van der Waals surface area contributed by atoms with Gasteiger partial charge in [0, 0.05) is 5.02 Å². The Morgan fingerprint density at radius 1 is 1.33 bits per heavy atom. The first-order valence-corrected chi connectivity index (χ1v) is 6.88. The fraction of sp³-hybridized carbons (Fsp3) is 0.182. The highest BCUT2D eigenvalue weighted by Crippen LogP contribution is 2.27. The van der Waals surface area contributed by atoms with Gasteiger partial charge in [0.25, 0.3) is 0 Å². The van der Waals surface area contributed by atoms with Gasteiger partial charge in [0.2, 0.25) is 10.0 Å². The van der Waals surface area contributed by atoms with Crippen molar-refractivity contribution in [3.8, 4) is 18.4 Å². The van der Waals surface area contributed by atoms with Crippen molar-refractivity contribution in [1.29, 1.82) is 5.26 Å².